The SMILES string of the molecule is OB(O)c1ccnc(I)c1. The first-order chi connectivity index (χ1) is 4.70. The summed E-state index contributed by atoms with van der Waals surface area (Å²) in [5.74, 6) is 0. The van der Waals surface area contributed by atoms with Gasteiger partial charge < -0.3 is 10.0 Å². The maximum Gasteiger partial charge on any atom is 0.488 e. The zero-order valence-corrected chi connectivity index (χ0v) is 7.19. The second-order valence-corrected chi connectivity index (χ2v) is 2.89. The molecule has 52 valence electrons. The molecule has 1 heterocycles. The lowest BCUT2D eigenvalue weighted by Gasteiger charge is -1.96. The molecule has 0 saturated carbocycles. The summed E-state index contributed by atoms with van der Waals surface area (Å²) in [6.45, 7) is 0. The van der Waals surface area contributed by atoms with E-state index < -0.39 is 7.12 Å². The van der Waals surface area contributed by atoms with Gasteiger partial charge in [-0.05, 0) is 40.2 Å². The molecule has 1 aromatic rings. The van der Waals surface area contributed by atoms with Gasteiger partial charge in [-0.2, -0.15) is 0 Å². The molecule has 0 fully saturated rings. The molecule has 0 aliphatic carbocycles. The quantitative estimate of drug-likeness (QED) is 0.395. The molecular formula is C5H5BINO2. The predicted molar refractivity (Wildman–Crippen MR) is 46.8 cm³/mol. The minimum Gasteiger partial charge on any atom is -0.423 e. The molecular weight excluding hydrogens is 244 g/mol. The zero-order chi connectivity index (χ0) is 7.56. The Balaban J connectivity index is 2.96. The molecule has 0 saturated heterocycles. The van der Waals surface area contributed by atoms with Crippen molar-refractivity contribution in [3.8, 4) is 0 Å². The second kappa shape index (κ2) is 3.31. The van der Waals surface area contributed by atoms with Crippen molar-refractivity contribution < 1.29 is 10.0 Å². The number of nitrogens with zero attached hydrogens (tertiary/aromatic N) is 1. The fourth-order valence-electron chi connectivity index (χ4n) is 0.578. The summed E-state index contributed by atoms with van der Waals surface area (Å²) in [5, 5.41) is 17.3. The molecule has 2 N–H and O–H groups in total. The van der Waals surface area contributed by atoms with Crippen LogP contribution in [0.25, 0.3) is 0 Å². The lowest BCUT2D eigenvalue weighted by atomic mass is 9.81. The van der Waals surface area contributed by atoms with Crippen LogP contribution in [0.4, 0.5) is 0 Å². The van der Waals surface area contributed by atoms with Crippen molar-refractivity contribution in [1.82, 2.24) is 4.98 Å². The van der Waals surface area contributed by atoms with E-state index in [1.807, 2.05) is 22.6 Å². The number of aromatic nitrogens is 1. The Morgan fingerprint density at radius 2 is 2.20 bits per heavy atom. The van der Waals surface area contributed by atoms with Crippen molar-refractivity contribution in [2.45, 2.75) is 0 Å². The largest absolute Gasteiger partial charge is 0.488 e. The smallest absolute Gasteiger partial charge is 0.423 e. The molecule has 5 heteroatoms. The lowest BCUT2D eigenvalue weighted by Crippen LogP contribution is -2.29. The van der Waals surface area contributed by atoms with Crippen molar-refractivity contribution in [3.63, 3.8) is 0 Å². The minimum atomic E-state index is -1.39. The molecule has 0 bridgehead atoms. The topological polar surface area (TPSA) is 53.4 Å². The molecule has 0 unspecified atom stereocenters. The fourth-order valence-corrected chi connectivity index (χ4v) is 1.10. The van der Waals surface area contributed by atoms with E-state index >= 15 is 0 Å². The van der Waals surface area contributed by atoms with Crippen LogP contribution < -0.4 is 5.46 Å². The van der Waals surface area contributed by atoms with Crippen molar-refractivity contribution in [2.24, 2.45) is 0 Å². The van der Waals surface area contributed by atoms with Gasteiger partial charge in [0.05, 0.1) is 0 Å². The molecule has 10 heavy (non-hydrogen) atoms. The Labute approximate surface area is 72.4 Å². The minimum absolute atomic E-state index is 0.472. The number of hydrogen-bond donors (Lipinski definition) is 2. The molecule has 0 aliphatic heterocycles. The molecule has 0 aromatic carbocycles. The number of rotatable bonds is 1. The maximum absolute atomic E-state index is 8.67. The molecule has 0 amide bonds. The van der Waals surface area contributed by atoms with Gasteiger partial charge in [0.15, 0.2) is 0 Å². The zero-order valence-electron chi connectivity index (χ0n) is 5.03. The Hall–Kier alpha value is -0.135. The van der Waals surface area contributed by atoms with E-state index in [0.29, 0.717) is 5.46 Å². The molecule has 0 radical (unpaired) electrons. The van der Waals surface area contributed by atoms with Crippen LogP contribution in [-0.4, -0.2) is 22.2 Å². The van der Waals surface area contributed by atoms with E-state index in [-0.39, 0.29) is 0 Å². The van der Waals surface area contributed by atoms with Gasteiger partial charge in [-0.3, -0.25) is 4.98 Å². The summed E-state index contributed by atoms with van der Waals surface area (Å²) in [4.78, 5) is 3.89. The van der Waals surface area contributed by atoms with Crippen molar-refractivity contribution in [1.29, 1.82) is 0 Å². The van der Waals surface area contributed by atoms with E-state index in [4.69, 9.17) is 10.0 Å². The molecule has 1 aromatic heterocycles. The average Bonchev–Trinajstić information content (AvgIpc) is 1.88. The highest BCUT2D eigenvalue weighted by atomic mass is 127. The second-order valence-electron chi connectivity index (χ2n) is 1.79. The van der Waals surface area contributed by atoms with Gasteiger partial charge >= 0.3 is 7.12 Å². The van der Waals surface area contributed by atoms with Crippen molar-refractivity contribution in [3.05, 3.63) is 22.0 Å². The van der Waals surface area contributed by atoms with Gasteiger partial charge in [-0.15, -0.1) is 0 Å². The maximum atomic E-state index is 8.67. The fraction of sp³-hybridized carbons (Fsp3) is 0. The first-order valence-corrected chi connectivity index (χ1v) is 3.75. The highest BCUT2D eigenvalue weighted by Gasteiger charge is 2.09. The standard InChI is InChI=1S/C5H5BINO2/c7-5-3-4(6(9)10)1-2-8-5/h1-3,9-10H. The monoisotopic (exact) mass is 249 g/mol. The van der Waals surface area contributed by atoms with Crippen LogP contribution >= 0.6 is 22.6 Å². The highest BCUT2D eigenvalue weighted by Crippen LogP contribution is 1.95. The normalized spacial score (nSPS) is 9.50. The van der Waals surface area contributed by atoms with Gasteiger partial charge in [0, 0.05) is 6.20 Å². The summed E-state index contributed by atoms with van der Waals surface area (Å²) >= 11 is 2.01. The average molecular weight is 249 g/mol. The van der Waals surface area contributed by atoms with E-state index in [1.54, 1.807) is 12.1 Å². The Morgan fingerprint density at radius 1 is 1.50 bits per heavy atom. The number of halogens is 1. The van der Waals surface area contributed by atoms with Crippen LogP contribution in [0, 0.1) is 3.70 Å². The van der Waals surface area contributed by atoms with E-state index in [1.165, 1.54) is 6.20 Å². The Morgan fingerprint density at radius 3 is 2.60 bits per heavy atom. The molecule has 0 atom stereocenters. The van der Waals surface area contributed by atoms with Crippen LogP contribution in [0.2, 0.25) is 0 Å². The third kappa shape index (κ3) is 1.93. The Bertz CT molecular complexity index is 231. The van der Waals surface area contributed by atoms with Gasteiger partial charge in [0.2, 0.25) is 0 Å². The van der Waals surface area contributed by atoms with Crippen LogP contribution in [-0.2, 0) is 0 Å². The predicted octanol–water partition coefficient (Wildman–Crippen LogP) is -0.634. The Kier molecular flexibility index (Phi) is 2.64. The lowest BCUT2D eigenvalue weighted by molar-refractivity contribution is 0.425. The third-order valence-electron chi connectivity index (χ3n) is 1.05. The van der Waals surface area contributed by atoms with Crippen LogP contribution in [0.5, 0.6) is 0 Å². The first-order valence-electron chi connectivity index (χ1n) is 2.68. The van der Waals surface area contributed by atoms with Gasteiger partial charge in [-0.25, -0.2) is 0 Å². The van der Waals surface area contributed by atoms with Crippen molar-refractivity contribution in [2.75, 3.05) is 0 Å². The number of hydrogen-bond acceptors (Lipinski definition) is 3. The first kappa shape index (κ1) is 7.97. The third-order valence-corrected chi connectivity index (χ3v) is 1.64. The number of pyridine rings is 1. The van der Waals surface area contributed by atoms with Gasteiger partial charge in [0.1, 0.15) is 3.70 Å². The summed E-state index contributed by atoms with van der Waals surface area (Å²) < 4.78 is 0.753. The molecule has 0 spiro atoms. The van der Waals surface area contributed by atoms with Gasteiger partial charge in [-0.1, -0.05) is 0 Å². The van der Waals surface area contributed by atoms with E-state index in [2.05, 4.69) is 4.98 Å². The highest BCUT2D eigenvalue weighted by molar-refractivity contribution is 14.1. The van der Waals surface area contributed by atoms with Crippen molar-refractivity contribution >= 4 is 35.2 Å². The summed E-state index contributed by atoms with van der Waals surface area (Å²) in [7, 11) is -1.39. The molecule has 1 rings (SSSR count). The summed E-state index contributed by atoms with van der Waals surface area (Å²) in [6.07, 6.45) is 1.54. The van der Waals surface area contributed by atoms with Gasteiger partial charge in [0.25, 0.3) is 0 Å². The van der Waals surface area contributed by atoms with E-state index in [0.717, 1.165) is 3.70 Å². The molecule has 0 aliphatic rings. The van der Waals surface area contributed by atoms with Crippen LogP contribution in [0.1, 0.15) is 0 Å². The van der Waals surface area contributed by atoms with Crippen LogP contribution in [0.15, 0.2) is 18.3 Å². The molecule has 3 nitrogen and oxygen atoms in total. The van der Waals surface area contributed by atoms with E-state index in [9.17, 15) is 0 Å². The summed E-state index contributed by atoms with van der Waals surface area (Å²) in [6, 6.07) is 3.18. The summed E-state index contributed by atoms with van der Waals surface area (Å²) in [5.41, 5.74) is 0.472. The van der Waals surface area contributed by atoms with Crippen LogP contribution in [0.3, 0.4) is 0 Å².